The average molecular weight is 323 g/mol. The Labute approximate surface area is 120 Å². The summed E-state index contributed by atoms with van der Waals surface area (Å²) in [5.41, 5.74) is 0.965. The van der Waals surface area contributed by atoms with Crippen LogP contribution in [0, 0.1) is 6.92 Å². The van der Waals surface area contributed by atoms with Crippen LogP contribution in [0.2, 0.25) is 0 Å². The minimum Gasteiger partial charge on any atom is -0.497 e. The van der Waals surface area contributed by atoms with Crippen molar-refractivity contribution in [1.82, 2.24) is 9.97 Å². The van der Waals surface area contributed by atoms with Gasteiger partial charge >= 0.3 is 0 Å². The first-order chi connectivity index (χ1) is 9.12. The van der Waals surface area contributed by atoms with Gasteiger partial charge in [0.05, 0.1) is 11.6 Å². The van der Waals surface area contributed by atoms with Gasteiger partial charge in [0.2, 0.25) is 5.88 Å². The lowest BCUT2D eigenvalue weighted by molar-refractivity contribution is 0.411. The van der Waals surface area contributed by atoms with Crippen molar-refractivity contribution in [2.45, 2.75) is 20.3 Å². The summed E-state index contributed by atoms with van der Waals surface area (Å²) in [4.78, 5) is 8.60. The van der Waals surface area contributed by atoms with Gasteiger partial charge in [0.25, 0.3) is 0 Å². The van der Waals surface area contributed by atoms with E-state index in [1.54, 1.807) is 7.11 Å². The van der Waals surface area contributed by atoms with E-state index in [1.165, 1.54) is 0 Å². The topological polar surface area (TPSA) is 44.2 Å². The first kappa shape index (κ1) is 13.8. The molecule has 0 atom stereocenters. The number of aryl methyl sites for hydroxylation is 2. The Hall–Kier alpha value is -1.62. The second-order valence-electron chi connectivity index (χ2n) is 4.00. The van der Waals surface area contributed by atoms with Crippen LogP contribution in [-0.2, 0) is 6.42 Å². The minimum absolute atomic E-state index is 0.551. The fourth-order valence-electron chi connectivity index (χ4n) is 1.64. The number of ether oxygens (including phenoxy) is 2. The van der Waals surface area contributed by atoms with Gasteiger partial charge in [-0.05, 0) is 47.5 Å². The van der Waals surface area contributed by atoms with Crippen LogP contribution in [0.1, 0.15) is 18.4 Å². The molecule has 0 unspecified atom stereocenters. The van der Waals surface area contributed by atoms with Gasteiger partial charge in [-0.15, -0.1) is 0 Å². The van der Waals surface area contributed by atoms with Crippen molar-refractivity contribution in [3.63, 3.8) is 0 Å². The summed E-state index contributed by atoms with van der Waals surface area (Å²) >= 11 is 3.45. The molecule has 100 valence electrons. The zero-order valence-corrected chi connectivity index (χ0v) is 12.7. The van der Waals surface area contributed by atoms with E-state index in [0.717, 1.165) is 22.3 Å². The number of hydrogen-bond acceptors (Lipinski definition) is 4. The predicted octanol–water partition coefficient (Wildman–Crippen LogP) is 3.91. The minimum atomic E-state index is 0.551. The van der Waals surface area contributed by atoms with Crippen LogP contribution < -0.4 is 9.47 Å². The van der Waals surface area contributed by atoms with Gasteiger partial charge < -0.3 is 9.47 Å². The number of hydrogen-bond donors (Lipinski definition) is 0. The van der Waals surface area contributed by atoms with Crippen molar-refractivity contribution >= 4 is 15.9 Å². The molecule has 0 N–H and O–H groups in total. The molecule has 0 amide bonds. The summed E-state index contributed by atoms with van der Waals surface area (Å²) in [5, 5.41) is 0. The van der Waals surface area contributed by atoms with Crippen molar-refractivity contribution in [3.8, 4) is 17.4 Å². The average Bonchev–Trinajstić information content (AvgIpc) is 2.40. The van der Waals surface area contributed by atoms with E-state index in [1.807, 2.05) is 31.2 Å². The van der Waals surface area contributed by atoms with E-state index in [4.69, 9.17) is 9.47 Å². The molecule has 2 rings (SSSR count). The van der Waals surface area contributed by atoms with Gasteiger partial charge in [0.1, 0.15) is 17.3 Å². The maximum absolute atomic E-state index is 5.78. The number of rotatable bonds is 4. The van der Waals surface area contributed by atoms with E-state index < -0.39 is 0 Å². The molecule has 0 aliphatic carbocycles. The third kappa shape index (κ3) is 3.44. The highest BCUT2D eigenvalue weighted by Gasteiger charge is 2.07. The van der Waals surface area contributed by atoms with Crippen LogP contribution in [0.15, 0.2) is 28.7 Å². The molecule has 1 aromatic carbocycles. The Morgan fingerprint density at radius 2 is 2.00 bits per heavy atom. The second-order valence-corrected chi connectivity index (χ2v) is 4.85. The lowest BCUT2D eigenvalue weighted by atomic mass is 10.3. The fraction of sp³-hybridized carbons (Fsp3) is 0.286. The molecule has 0 spiro atoms. The van der Waals surface area contributed by atoms with E-state index >= 15 is 0 Å². The molecule has 2 aromatic rings. The van der Waals surface area contributed by atoms with E-state index in [2.05, 4.69) is 32.8 Å². The number of nitrogens with zero attached hydrogens (tertiary/aromatic N) is 2. The predicted molar refractivity (Wildman–Crippen MR) is 76.9 cm³/mol. The number of halogens is 1. The third-order valence-corrected chi connectivity index (χ3v) is 3.20. The zero-order chi connectivity index (χ0) is 13.8. The van der Waals surface area contributed by atoms with Gasteiger partial charge in [-0.2, -0.15) is 4.98 Å². The molecule has 0 bridgehead atoms. The fourth-order valence-corrected chi connectivity index (χ4v) is 2.08. The molecular weight excluding hydrogens is 308 g/mol. The van der Waals surface area contributed by atoms with Crippen LogP contribution in [0.25, 0.3) is 0 Å². The Morgan fingerprint density at radius 1 is 1.21 bits per heavy atom. The van der Waals surface area contributed by atoms with Crippen molar-refractivity contribution in [2.75, 3.05) is 7.11 Å². The van der Waals surface area contributed by atoms with Gasteiger partial charge in [-0.1, -0.05) is 6.92 Å². The lowest BCUT2D eigenvalue weighted by Crippen LogP contribution is -1.97. The SMILES string of the molecule is CCc1cc(Oc2ccc(OC)cc2Br)nc(C)n1. The van der Waals surface area contributed by atoms with Crippen molar-refractivity contribution in [1.29, 1.82) is 0 Å². The van der Waals surface area contributed by atoms with Crippen molar-refractivity contribution in [3.05, 3.63) is 40.3 Å². The number of aromatic nitrogens is 2. The lowest BCUT2D eigenvalue weighted by Gasteiger charge is -2.09. The van der Waals surface area contributed by atoms with Gasteiger partial charge in [-0.3, -0.25) is 0 Å². The van der Waals surface area contributed by atoms with Gasteiger partial charge in [0.15, 0.2) is 0 Å². The molecular formula is C14H15BrN2O2. The molecule has 0 saturated heterocycles. The summed E-state index contributed by atoms with van der Waals surface area (Å²) in [6.07, 6.45) is 0.851. The summed E-state index contributed by atoms with van der Waals surface area (Å²) in [7, 11) is 1.63. The molecule has 5 heteroatoms. The summed E-state index contributed by atoms with van der Waals surface area (Å²) in [6, 6.07) is 7.38. The highest BCUT2D eigenvalue weighted by Crippen LogP contribution is 2.32. The molecule has 0 fully saturated rings. The maximum Gasteiger partial charge on any atom is 0.222 e. The van der Waals surface area contributed by atoms with Crippen molar-refractivity contribution < 1.29 is 9.47 Å². The molecule has 0 radical (unpaired) electrons. The Bertz CT molecular complexity index is 588. The molecule has 0 saturated carbocycles. The third-order valence-electron chi connectivity index (χ3n) is 2.58. The van der Waals surface area contributed by atoms with E-state index in [0.29, 0.717) is 17.5 Å². The zero-order valence-electron chi connectivity index (χ0n) is 11.1. The summed E-state index contributed by atoms with van der Waals surface area (Å²) in [6.45, 7) is 3.91. The van der Waals surface area contributed by atoms with Gasteiger partial charge in [0, 0.05) is 11.8 Å². The summed E-state index contributed by atoms with van der Waals surface area (Å²) < 4.78 is 11.7. The smallest absolute Gasteiger partial charge is 0.222 e. The van der Waals surface area contributed by atoms with Crippen LogP contribution in [0.4, 0.5) is 0 Å². The van der Waals surface area contributed by atoms with Crippen LogP contribution in [0.5, 0.6) is 17.4 Å². The largest absolute Gasteiger partial charge is 0.497 e. The standard InChI is InChI=1S/C14H15BrN2O2/c1-4-10-7-14(17-9(2)16-10)19-13-6-5-11(18-3)8-12(13)15/h5-8H,4H2,1-3H3. The van der Waals surface area contributed by atoms with E-state index in [-0.39, 0.29) is 0 Å². The maximum atomic E-state index is 5.78. The highest BCUT2D eigenvalue weighted by molar-refractivity contribution is 9.10. The molecule has 0 aliphatic rings. The first-order valence-corrected chi connectivity index (χ1v) is 6.77. The molecule has 4 nitrogen and oxygen atoms in total. The van der Waals surface area contributed by atoms with Crippen molar-refractivity contribution in [2.24, 2.45) is 0 Å². The Balaban J connectivity index is 2.28. The Morgan fingerprint density at radius 3 is 2.63 bits per heavy atom. The quantitative estimate of drug-likeness (QED) is 0.856. The number of methoxy groups -OCH3 is 1. The molecule has 1 heterocycles. The second kappa shape index (κ2) is 6.02. The molecule has 19 heavy (non-hydrogen) atoms. The Kier molecular flexibility index (Phi) is 4.37. The normalized spacial score (nSPS) is 10.3. The van der Waals surface area contributed by atoms with Crippen LogP contribution in [0.3, 0.4) is 0 Å². The first-order valence-electron chi connectivity index (χ1n) is 5.98. The van der Waals surface area contributed by atoms with Crippen LogP contribution >= 0.6 is 15.9 Å². The monoisotopic (exact) mass is 322 g/mol. The highest BCUT2D eigenvalue weighted by atomic mass is 79.9. The van der Waals surface area contributed by atoms with Gasteiger partial charge in [-0.25, -0.2) is 4.98 Å². The van der Waals surface area contributed by atoms with Crippen LogP contribution in [-0.4, -0.2) is 17.1 Å². The van der Waals surface area contributed by atoms with E-state index in [9.17, 15) is 0 Å². The molecule has 1 aromatic heterocycles. The number of benzene rings is 1. The molecule has 0 aliphatic heterocycles. The summed E-state index contributed by atoms with van der Waals surface area (Å²) in [5.74, 6) is 2.72.